The number of hydrogen-bond donors (Lipinski definition) is 2. The molecule has 0 aliphatic carbocycles. The van der Waals surface area contributed by atoms with Crippen LogP contribution in [0, 0.1) is 5.92 Å². The van der Waals surface area contributed by atoms with Crippen molar-refractivity contribution < 1.29 is 23.1 Å². The molecular formula is C13H14F3NO2. The third-order valence-electron chi connectivity index (χ3n) is 2.63. The first-order valence-electron chi connectivity index (χ1n) is 5.55. The van der Waals surface area contributed by atoms with E-state index in [-0.39, 0.29) is 6.54 Å². The molecule has 19 heavy (non-hydrogen) atoms. The molecule has 1 aromatic carbocycles. The van der Waals surface area contributed by atoms with Crippen LogP contribution in [-0.2, 0) is 11.3 Å². The van der Waals surface area contributed by atoms with E-state index in [2.05, 4.69) is 11.9 Å². The zero-order chi connectivity index (χ0) is 14.5. The number of carboxylic acid groups (broad SMARTS) is 1. The quantitative estimate of drug-likeness (QED) is 0.783. The predicted molar refractivity (Wildman–Crippen MR) is 64.4 cm³/mol. The number of carbonyl (C=O) groups is 1. The van der Waals surface area contributed by atoms with Crippen LogP contribution in [0.1, 0.15) is 5.56 Å². The summed E-state index contributed by atoms with van der Waals surface area (Å²) < 4.78 is 38.0. The molecule has 2 N–H and O–H groups in total. The van der Waals surface area contributed by atoms with Gasteiger partial charge >= 0.3 is 12.1 Å². The second-order valence-electron chi connectivity index (χ2n) is 3.99. The van der Waals surface area contributed by atoms with Crippen LogP contribution in [0.5, 0.6) is 0 Å². The number of hydrogen-bond acceptors (Lipinski definition) is 2. The fourth-order valence-corrected chi connectivity index (χ4v) is 1.65. The van der Waals surface area contributed by atoms with E-state index in [1.165, 1.54) is 0 Å². The van der Waals surface area contributed by atoms with Crippen molar-refractivity contribution in [2.75, 3.05) is 0 Å². The van der Waals surface area contributed by atoms with Gasteiger partial charge < -0.3 is 5.11 Å². The van der Waals surface area contributed by atoms with Crippen LogP contribution in [0.25, 0.3) is 0 Å². The zero-order valence-corrected chi connectivity index (χ0v) is 10.0. The highest BCUT2D eigenvalue weighted by Crippen LogP contribution is 2.30. The lowest BCUT2D eigenvalue weighted by molar-refractivity contribution is -0.178. The monoisotopic (exact) mass is 273 g/mol. The van der Waals surface area contributed by atoms with Crippen LogP contribution in [0.4, 0.5) is 13.2 Å². The van der Waals surface area contributed by atoms with Crippen LogP contribution in [0.2, 0.25) is 0 Å². The molecule has 0 saturated heterocycles. The Labute approximate surface area is 108 Å². The summed E-state index contributed by atoms with van der Waals surface area (Å²) in [5, 5.41) is 11.3. The fraction of sp³-hybridized carbons (Fsp3) is 0.308. The number of halogens is 3. The van der Waals surface area contributed by atoms with Crippen LogP contribution in [-0.4, -0.2) is 23.3 Å². The van der Waals surface area contributed by atoms with Gasteiger partial charge in [0.05, 0.1) is 5.92 Å². The van der Waals surface area contributed by atoms with Crippen LogP contribution in [0.3, 0.4) is 0 Å². The molecule has 0 aliphatic rings. The molecule has 0 radical (unpaired) electrons. The summed E-state index contributed by atoms with van der Waals surface area (Å²) in [6, 6.07) is 6.85. The maximum Gasteiger partial charge on any atom is 0.397 e. The largest absolute Gasteiger partial charge is 0.480 e. The second kappa shape index (κ2) is 6.38. The van der Waals surface area contributed by atoms with E-state index in [1.807, 2.05) is 0 Å². The van der Waals surface area contributed by atoms with Gasteiger partial charge in [0.1, 0.15) is 6.04 Å². The molecule has 3 nitrogen and oxygen atoms in total. The van der Waals surface area contributed by atoms with Gasteiger partial charge in [-0.1, -0.05) is 36.4 Å². The SMILES string of the molecule is C=CC(C(NCc1ccccc1)C(=O)O)C(F)(F)F. The van der Waals surface area contributed by atoms with Crippen LogP contribution in [0.15, 0.2) is 43.0 Å². The van der Waals surface area contributed by atoms with Gasteiger partial charge in [-0.05, 0) is 5.56 Å². The highest BCUT2D eigenvalue weighted by atomic mass is 19.4. The van der Waals surface area contributed by atoms with Crippen LogP contribution >= 0.6 is 0 Å². The van der Waals surface area contributed by atoms with E-state index in [4.69, 9.17) is 5.11 Å². The third kappa shape index (κ3) is 4.40. The molecule has 0 spiro atoms. The average molecular weight is 273 g/mol. The summed E-state index contributed by atoms with van der Waals surface area (Å²) in [6.07, 6.45) is -4.04. The molecule has 0 fully saturated rings. The van der Waals surface area contributed by atoms with Crippen molar-refractivity contribution in [1.29, 1.82) is 0 Å². The molecule has 0 bridgehead atoms. The van der Waals surface area contributed by atoms with Gasteiger partial charge in [-0.15, -0.1) is 6.58 Å². The third-order valence-corrected chi connectivity index (χ3v) is 2.63. The number of benzene rings is 1. The van der Waals surface area contributed by atoms with Crippen molar-refractivity contribution in [3.05, 3.63) is 48.6 Å². The Morgan fingerprint density at radius 2 is 1.95 bits per heavy atom. The topological polar surface area (TPSA) is 49.3 Å². The molecule has 0 amide bonds. The summed E-state index contributed by atoms with van der Waals surface area (Å²) in [5.74, 6) is -3.69. The number of alkyl halides is 3. The lowest BCUT2D eigenvalue weighted by atomic mass is 9.99. The van der Waals surface area contributed by atoms with Crippen molar-refractivity contribution >= 4 is 5.97 Å². The molecule has 1 aromatic rings. The lowest BCUT2D eigenvalue weighted by Crippen LogP contribution is -2.47. The van der Waals surface area contributed by atoms with E-state index in [9.17, 15) is 18.0 Å². The minimum atomic E-state index is -4.64. The number of rotatable bonds is 6. The molecular weight excluding hydrogens is 259 g/mol. The molecule has 2 unspecified atom stereocenters. The molecule has 1 rings (SSSR count). The Morgan fingerprint density at radius 3 is 2.37 bits per heavy atom. The molecule has 104 valence electrons. The van der Waals surface area contributed by atoms with Gasteiger partial charge in [-0.25, -0.2) is 0 Å². The van der Waals surface area contributed by atoms with Crippen molar-refractivity contribution in [1.82, 2.24) is 5.32 Å². The highest BCUT2D eigenvalue weighted by Gasteiger charge is 2.45. The van der Waals surface area contributed by atoms with Crippen molar-refractivity contribution in [3.63, 3.8) is 0 Å². The fourth-order valence-electron chi connectivity index (χ4n) is 1.65. The van der Waals surface area contributed by atoms with Gasteiger partial charge in [0.2, 0.25) is 0 Å². The Bertz CT molecular complexity index is 431. The van der Waals surface area contributed by atoms with Crippen molar-refractivity contribution in [2.45, 2.75) is 18.8 Å². The lowest BCUT2D eigenvalue weighted by Gasteiger charge is -2.24. The normalized spacial score (nSPS) is 14.7. The van der Waals surface area contributed by atoms with Crippen molar-refractivity contribution in [3.8, 4) is 0 Å². The summed E-state index contributed by atoms with van der Waals surface area (Å²) in [7, 11) is 0. The molecule has 0 aromatic heterocycles. The Kier molecular flexibility index (Phi) is 5.11. The number of nitrogens with one attached hydrogen (secondary N) is 1. The van der Waals surface area contributed by atoms with Gasteiger partial charge in [0.25, 0.3) is 0 Å². The van der Waals surface area contributed by atoms with E-state index in [0.29, 0.717) is 11.6 Å². The smallest absolute Gasteiger partial charge is 0.397 e. The minimum Gasteiger partial charge on any atom is -0.480 e. The maximum atomic E-state index is 12.7. The molecule has 6 heteroatoms. The zero-order valence-electron chi connectivity index (χ0n) is 10.0. The van der Waals surface area contributed by atoms with E-state index in [1.54, 1.807) is 30.3 Å². The first-order chi connectivity index (χ1) is 8.86. The molecule has 2 atom stereocenters. The Hall–Kier alpha value is -1.82. The molecule has 0 aliphatic heterocycles. The van der Waals surface area contributed by atoms with Gasteiger partial charge in [-0.3, -0.25) is 10.1 Å². The summed E-state index contributed by atoms with van der Waals surface area (Å²) in [5.41, 5.74) is 0.707. The predicted octanol–water partition coefficient (Wildman–Crippen LogP) is 2.59. The van der Waals surface area contributed by atoms with E-state index in [0.717, 1.165) is 0 Å². The summed E-state index contributed by atoms with van der Waals surface area (Å²) >= 11 is 0. The standard InChI is InChI=1S/C13H14F3NO2/c1-2-10(13(14,15)16)11(12(18)19)17-8-9-6-4-3-5-7-9/h2-7,10-11,17H,1,8H2,(H,18,19). The second-order valence-corrected chi connectivity index (χ2v) is 3.99. The van der Waals surface area contributed by atoms with Gasteiger partial charge in [0.15, 0.2) is 0 Å². The summed E-state index contributed by atoms with van der Waals surface area (Å²) in [4.78, 5) is 11.0. The number of aliphatic carboxylic acids is 1. The van der Waals surface area contributed by atoms with Gasteiger partial charge in [-0.2, -0.15) is 13.2 Å². The Morgan fingerprint density at radius 1 is 1.37 bits per heavy atom. The molecule has 0 heterocycles. The minimum absolute atomic E-state index is 0.0399. The Balaban J connectivity index is 2.78. The van der Waals surface area contributed by atoms with E-state index >= 15 is 0 Å². The average Bonchev–Trinajstić information content (AvgIpc) is 2.33. The van der Waals surface area contributed by atoms with Crippen LogP contribution < -0.4 is 5.32 Å². The maximum absolute atomic E-state index is 12.7. The first kappa shape index (κ1) is 15.2. The number of carboxylic acids is 1. The van der Waals surface area contributed by atoms with Gasteiger partial charge in [0, 0.05) is 6.54 Å². The van der Waals surface area contributed by atoms with Crippen molar-refractivity contribution in [2.24, 2.45) is 5.92 Å². The molecule has 0 saturated carbocycles. The van der Waals surface area contributed by atoms with E-state index < -0.39 is 24.1 Å². The first-order valence-corrected chi connectivity index (χ1v) is 5.55. The summed E-state index contributed by atoms with van der Waals surface area (Å²) in [6.45, 7) is 3.10. The highest BCUT2D eigenvalue weighted by molar-refractivity contribution is 5.74.